The summed E-state index contributed by atoms with van der Waals surface area (Å²) < 4.78 is 5.35. The van der Waals surface area contributed by atoms with Crippen LogP contribution in [0.15, 0.2) is 42.5 Å². The number of aromatic carboxylic acids is 1. The molecule has 0 saturated heterocycles. The number of benzene rings is 2. The third-order valence-electron chi connectivity index (χ3n) is 4.12. The highest BCUT2D eigenvalue weighted by atomic mass is 16.5. The summed E-state index contributed by atoms with van der Waals surface area (Å²) in [5, 5.41) is 22.1. The summed E-state index contributed by atoms with van der Waals surface area (Å²) in [5.41, 5.74) is 7.48. The molecule has 0 aliphatic carbocycles. The fourth-order valence-electron chi connectivity index (χ4n) is 2.76. The Labute approximate surface area is 144 Å². The van der Waals surface area contributed by atoms with E-state index in [4.69, 9.17) is 10.4 Å². The minimum absolute atomic E-state index is 0.0151. The molecule has 0 fully saturated rings. The van der Waals surface area contributed by atoms with Gasteiger partial charge in [0.05, 0.1) is 11.5 Å². The van der Waals surface area contributed by atoms with Crippen molar-refractivity contribution in [1.29, 1.82) is 0 Å². The van der Waals surface area contributed by atoms with Gasteiger partial charge in [-0.15, -0.1) is 0 Å². The Bertz CT molecular complexity index is 809. The van der Waals surface area contributed by atoms with Crippen molar-refractivity contribution in [2.24, 2.45) is 5.73 Å². The molecule has 5 N–H and O–H groups in total. The maximum absolute atomic E-state index is 12.3. The van der Waals surface area contributed by atoms with Crippen molar-refractivity contribution >= 4 is 19.0 Å². The number of para-hydroxylation sites is 1. The van der Waals surface area contributed by atoms with Gasteiger partial charge in [-0.05, 0) is 35.7 Å². The summed E-state index contributed by atoms with van der Waals surface area (Å²) in [6.07, 6.45) is 0.268. The van der Waals surface area contributed by atoms with Gasteiger partial charge < -0.3 is 25.8 Å². The predicted molar refractivity (Wildman–Crippen MR) is 91.3 cm³/mol. The molecule has 1 unspecified atom stereocenters. The van der Waals surface area contributed by atoms with Crippen LogP contribution < -0.4 is 15.7 Å². The number of rotatable bonds is 4. The minimum atomic E-state index is -1.33. The summed E-state index contributed by atoms with van der Waals surface area (Å²) >= 11 is 0. The summed E-state index contributed by atoms with van der Waals surface area (Å²) in [6.45, 7) is 0.389. The van der Waals surface area contributed by atoms with E-state index in [1.807, 2.05) is 0 Å². The first kappa shape index (κ1) is 17.0. The highest BCUT2D eigenvalue weighted by Crippen LogP contribution is 2.30. The molecule has 1 amide bonds. The molecule has 0 bridgehead atoms. The molecule has 0 saturated carbocycles. The number of nitrogens with one attached hydrogen (secondary N) is 1. The maximum Gasteiger partial charge on any atom is 0.547 e. The van der Waals surface area contributed by atoms with Crippen molar-refractivity contribution < 1.29 is 24.4 Å². The molecular formula is C17H17BN2O5. The van der Waals surface area contributed by atoms with E-state index in [-0.39, 0.29) is 23.6 Å². The second kappa shape index (κ2) is 6.96. The number of amides is 1. The zero-order chi connectivity index (χ0) is 18.0. The molecular weight excluding hydrogens is 323 g/mol. The Balaban J connectivity index is 1.77. The highest BCUT2D eigenvalue weighted by Gasteiger charge is 2.37. The average Bonchev–Trinajstić information content (AvgIpc) is 2.61. The molecule has 2 aromatic carbocycles. The van der Waals surface area contributed by atoms with Crippen LogP contribution >= 0.6 is 0 Å². The number of fused-ring (bicyclic) bond motifs is 1. The normalized spacial score (nSPS) is 15.9. The van der Waals surface area contributed by atoms with Gasteiger partial charge in [-0.25, -0.2) is 4.79 Å². The molecule has 3 rings (SSSR count). The highest BCUT2D eigenvalue weighted by molar-refractivity contribution is 6.47. The number of hydrogen-bond acceptors (Lipinski definition) is 5. The summed E-state index contributed by atoms with van der Waals surface area (Å²) in [5.74, 6) is -2.03. The second-order valence-corrected chi connectivity index (χ2v) is 5.79. The van der Waals surface area contributed by atoms with Gasteiger partial charge in [0, 0.05) is 12.1 Å². The van der Waals surface area contributed by atoms with Gasteiger partial charge in [-0.1, -0.05) is 24.3 Å². The van der Waals surface area contributed by atoms with Crippen LogP contribution in [0.25, 0.3) is 0 Å². The first-order chi connectivity index (χ1) is 12.0. The van der Waals surface area contributed by atoms with E-state index < -0.39 is 19.0 Å². The largest absolute Gasteiger partial charge is 0.547 e. The second-order valence-electron chi connectivity index (χ2n) is 5.79. The number of carboxylic acid groups (broad SMARTS) is 1. The molecule has 2 aromatic rings. The summed E-state index contributed by atoms with van der Waals surface area (Å²) in [6, 6.07) is 11.6. The summed E-state index contributed by atoms with van der Waals surface area (Å²) in [7, 11) is -1.33. The quantitative estimate of drug-likeness (QED) is 0.605. The van der Waals surface area contributed by atoms with Crippen molar-refractivity contribution in [3.8, 4) is 5.75 Å². The van der Waals surface area contributed by atoms with E-state index in [1.54, 1.807) is 36.4 Å². The molecule has 1 atom stereocenters. The van der Waals surface area contributed by atoms with Crippen LogP contribution in [-0.2, 0) is 13.0 Å². The molecule has 8 heteroatoms. The van der Waals surface area contributed by atoms with E-state index in [0.717, 1.165) is 5.56 Å². The minimum Gasteiger partial charge on any atom is -0.534 e. The van der Waals surface area contributed by atoms with Gasteiger partial charge >= 0.3 is 13.1 Å². The van der Waals surface area contributed by atoms with Gasteiger partial charge in [0.15, 0.2) is 0 Å². The average molecular weight is 340 g/mol. The van der Waals surface area contributed by atoms with Crippen LogP contribution in [0.3, 0.4) is 0 Å². The van der Waals surface area contributed by atoms with Crippen LogP contribution in [0.5, 0.6) is 5.75 Å². The monoisotopic (exact) mass is 340 g/mol. The first-order valence-electron chi connectivity index (χ1n) is 7.79. The van der Waals surface area contributed by atoms with Gasteiger partial charge in [-0.3, -0.25) is 4.79 Å². The molecule has 1 aliphatic rings. The van der Waals surface area contributed by atoms with Crippen molar-refractivity contribution in [3.05, 3.63) is 64.7 Å². The lowest BCUT2D eigenvalue weighted by Crippen LogP contribution is -2.53. The lowest BCUT2D eigenvalue weighted by atomic mass is 9.72. The zero-order valence-corrected chi connectivity index (χ0v) is 13.3. The number of carboxylic acids is 1. The van der Waals surface area contributed by atoms with E-state index >= 15 is 0 Å². The number of carbonyl (C=O) groups excluding carboxylic acids is 1. The third kappa shape index (κ3) is 3.49. The van der Waals surface area contributed by atoms with Crippen LogP contribution in [0.1, 0.15) is 31.8 Å². The molecule has 1 heterocycles. The topological polar surface area (TPSA) is 122 Å². The molecule has 25 heavy (non-hydrogen) atoms. The Morgan fingerprint density at radius 1 is 1.24 bits per heavy atom. The van der Waals surface area contributed by atoms with E-state index in [1.165, 1.54) is 6.07 Å². The standard InChI is InChI=1S/C17H17BN2O5/c19-9-10-4-6-11(7-5-10)16(21)20-14-8-12-2-1-3-13(17(22)23)15(12)25-18(14)24/h1-7,14,24H,8-9,19H2,(H,20,21)(H,22,23). The van der Waals surface area contributed by atoms with Crippen molar-refractivity contribution in [2.45, 2.75) is 18.9 Å². The Morgan fingerprint density at radius 3 is 2.60 bits per heavy atom. The van der Waals surface area contributed by atoms with E-state index in [2.05, 4.69) is 5.32 Å². The van der Waals surface area contributed by atoms with Gasteiger partial charge in [0.1, 0.15) is 5.75 Å². The molecule has 1 aliphatic heterocycles. The molecule has 0 aromatic heterocycles. The lowest BCUT2D eigenvalue weighted by Gasteiger charge is -2.28. The van der Waals surface area contributed by atoms with Gasteiger partial charge in [0.25, 0.3) is 5.91 Å². The Hall–Kier alpha value is -2.84. The van der Waals surface area contributed by atoms with Crippen LogP contribution in [0.2, 0.25) is 0 Å². The Kier molecular flexibility index (Phi) is 4.73. The van der Waals surface area contributed by atoms with Crippen molar-refractivity contribution in [2.75, 3.05) is 0 Å². The van der Waals surface area contributed by atoms with Crippen molar-refractivity contribution in [1.82, 2.24) is 5.32 Å². The number of carbonyl (C=O) groups is 2. The van der Waals surface area contributed by atoms with Gasteiger partial charge in [-0.2, -0.15) is 0 Å². The third-order valence-corrected chi connectivity index (χ3v) is 4.12. The SMILES string of the molecule is NCc1ccc(C(=O)NC2Cc3cccc(C(=O)O)c3OB2O)cc1. The molecule has 7 nitrogen and oxygen atoms in total. The fraction of sp³-hybridized carbons (Fsp3) is 0.176. The molecule has 0 radical (unpaired) electrons. The van der Waals surface area contributed by atoms with Crippen molar-refractivity contribution in [3.63, 3.8) is 0 Å². The predicted octanol–water partition coefficient (Wildman–Crippen LogP) is 0.597. The van der Waals surface area contributed by atoms with E-state index in [9.17, 15) is 19.7 Å². The fourth-order valence-corrected chi connectivity index (χ4v) is 2.76. The zero-order valence-electron chi connectivity index (χ0n) is 13.3. The number of nitrogens with two attached hydrogens (primary N) is 1. The Morgan fingerprint density at radius 2 is 1.96 bits per heavy atom. The summed E-state index contributed by atoms with van der Waals surface area (Å²) in [4.78, 5) is 23.6. The smallest absolute Gasteiger partial charge is 0.534 e. The lowest BCUT2D eigenvalue weighted by molar-refractivity contribution is 0.0693. The van der Waals surface area contributed by atoms with Crippen LogP contribution in [-0.4, -0.2) is 35.1 Å². The number of hydrogen-bond donors (Lipinski definition) is 4. The molecule has 0 spiro atoms. The maximum atomic E-state index is 12.3. The van der Waals surface area contributed by atoms with Crippen LogP contribution in [0, 0.1) is 0 Å². The van der Waals surface area contributed by atoms with E-state index in [0.29, 0.717) is 17.7 Å². The van der Waals surface area contributed by atoms with Gasteiger partial charge in [0.2, 0.25) is 0 Å². The van der Waals surface area contributed by atoms with Crippen LogP contribution in [0.4, 0.5) is 0 Å². The first-order valence-corrected chi connectivity index (χ1v) is 7.79. The molecule has 128 valence electrons.